The fourth-order valence-electron chi connectivity index (χ4n) is 5.49. The van der Waals surface area contributed by atoms with E-state index in [1.165, 1.54) is 0 Å². The highest BCUT2D eigenvalue weighted by Crippen LogP contribution is 2.78. The number of hydrogen-bond donors (Lipinski definition) is 0. The normalized spacial score (nSPS) is 11.9. The van der Waals surface area contributed by atoms with Crippen molar-refractivity contribution in [3.63, 3.8) is 0 Å². The second-order valence-corrected chi connectivity index (χ2v) is 17.1. The van der Waals surface area contributed by atoms with Crippen LogP contribution < -0.4 is 28.4 Å². The Morgan fingerprint density at radius 1 is 0.444 bits per heavy atom. The molecule has 54 heavy (non-hydrogen) atoms. The maximum atomic E-state index is 15.0. The van der Waals surface area contributed by atoms with Gasteiger partial charge in [0.2, 0.25) is 0 Å². The van der Waals surface area contributed by atoms with Crippen LogP contribution >= 0.6 is 10.3 Å². The largest absolute Gasteiger partial charge is 0.493 e. The molecular weight excluding hydrogens is 725 g/mol. The van der Waals surface area contributed by atoms with E-state index in [1.54, 1.807) is 24.3 Å². The molecule has 0 bridgehead atoms. The summed E-state index contributed by atoms with van der Waals surface area (Å²) < 4.78 is 75.8. The van der Waals surface area contributed by atoms with Crippen LogP contribution in [-0.2, 0) is 13.7 Å². The van der Waals surface area contributed by atoms with Crippen molar-refractivity contribution < 1.29 is 40.5 Å². The highest BCUT2D eigenvalue weighted by atomic mass is 32.3. The van der Waals surface area contributed by atoms with Crippen molar-refractivity contribution >= 4 is 20.4 Å². The number of ether oxygens (including phenoxy) is 6. The van der Waals surface area contributed by atoms with E-state index in [-0.39, 0.29) is 4.90 Å². The maximum absolute atomic E-state index is 15.0. The molecule has 11 heteroatoms. The second kappa shape index (κ2) is 21.1. The molecule has 0 aliphatic rings. The van der Waals surface area contributed by atoms with Crippen LogP contribution in [0.2, 0.25) is 0 Å². The molecule has 4 rings (SSSR count). The minimum Gasteiger partial charge on any atom is -0.493 e. The minimum absolute atomic E-state index is 0.00538. The molecule has 4 aromatic carbocycles. The third kappa shape index (κ3) is 10.6. The summed E-state index contributed by atoms with van der Waals surface area (Å²) in [7, 11) is -7.99. The van der Waals surface area contributed by atoms with E-state index in [2.05, 4.69) is 0 Å². The van der Waals surface area contributed by atoms with Gasteiger partial charge >= 0.3 is 10.1 Å². The minimum atomic E-state index is -4.52. The zero-order valence-corrected chi connectivity index (χ0v) is 34.6. The highest BCUT2D eigenvalue weighted by molar-refractivity contribution is 8.33. The molecule has 4 aromatic rings. The predicted molar refractivity (Wildman–Crippen MR) is 216 cm³/mol. The molecule has 0 heterocycles. The molecule has 0 unspecified atom stereocenters. The smallest absolute Gasteiger partial charge is 0.307 e. The molecule has 9 nitrogen and oxygen atoms in total. The van der Waals surface area contributed by atoms with Crippen molar-refractivity contribution in [3.8, 4) is 34.5 Å². The Morgan fingerprint density at radius 2 is 0.796 bits per heavy atom. The topological polar surface area (TPSA) is 98.8 Å². The summed E-state index contributed by atoms with van der Waals surface area (Å²) in [4.78, 5) is 1.40. The van der Waals surface area contributed by atoms with Gasteiger partial charge in [-0.05, 0) is 80.0 Å². The van der Waals surface area contributed by atoms with Gasteiger partial charge in [-0.15, -0.1) is 0 Å². The number of hydrogen-bond acceptors (Lipinski definition) is 9. The number of rotatable bonds is 24. The lowest BCUT2D eigenvalue weighted by Gasteiger charge is -2.42. The molecule has 0 fully saturated rings. The van der Waals surface area contributed by atoms with Crippen LogP contribution in [0.5, 0.6) is 34.5 Å². The number of aryl methyl sites for hydroxylation is 1. The fraction of sp³-hybridized carbons (Fsp3) is 0.442. The summed E-state index contributed by atoms with van der Waals surface area (Å²) in [6, 6.07) is 23.3. The van der Waals surface area contributed by atoms with Crippen molar-refractivity contribution in [1.29, 1.82) is 0 Å². The van der Waals surface area contributed by atoms with Gasteiger partial charge in [-0.25, -0.2) is 3.63 Å². The SMILES string of the molecule is CCCOc1cc(OCCC)c(S(OS(=O)(=O)c2ccc(C)cc2)(c2ccccc2)c2c(OCCC)cc(OCCC)cc2OCCC)c(OCCC)c1. The molecule has 0 saturated carbocycles. The van der Waals surface area contributed by atoms with Gasteiger partial charge in [-0.1, -0.05) is 77.4 Å². The zero-order valence-electron chi connectivity index (χ0n) is 33.0. The van der Waals surface area contributed by atoms with E-state index in [0.29, 0.717) is 115 Å². The average molecular weight is 783 g/mol. The van der Waals surface area contributed by atoms with Gasteiger partial charge in [0.05, 0.1) is 44.5 Å². The molecular formula is C43H58O9S2. The van der Waals surface area contributed by atoms with E-state index in [0.717, 1.165) is 18.4 Å². The van der Waals surface area contributed by atoms with E-state index in [9.17, 15) is 8.42 Å². The summed E-state index contributed by atoms with van der Waals surface area (Å²) in [5.74, 6) is 2.59. The molecule has 0 N–H and O–H groups in total. The quantitative estimate of drug-likeness (QED) is 0.0688. The molecule has 0 amide bonds. The number of benzene rings is 4. The van der Waals surface area contributed by atoms with Crippen molar-refractivity contribution in [3.05, 3.63) is 84.4 Å². The summed E-state index contributed by atoms with van der Waals surface area (Å²) in [5, 5.41) is 0. The Bertz CT molecular complexity index is 1710. The van der Waals surface area contributed by atoms with Gasteiger partial charge in [0, 0.05) is 29.2 Å². The standard InChI is InChI=1S/C43H58O9S2/c1-8-23-46-34-29-38(48-25-10-3)42(39(30-34)49-26-11-4)53(36-17-15-14-16-18-36,52-54(44,45)37-21-19-33(7)20-22-37)43-40(50-27-12-5)31-35(47-24-9-2)32-41(43)51-28-13-6/h14-22,29-32H,8-13,23-28H2,1-7H3. The van der Waals surface area contributed by atoms with Gasteiger partial charge in [0.1, 0.15) is 44.3 Å². The van der Waals surface area contributed by atoms with E-state index in [4.69, 9.17) is 32.1 Å². The second-order valence-electron chi connectivity index (χ2n) is 12.8. The first kappa shape index (κ1) is 42.7. The lowest BCUT2D eigenvalue weighted by Crippen LogP contribution is -2.19. The van der Waals surface area contributed by atoms with Crippen molar-refractivity contribution in [2.45, 2.75) is 107 Å². The van der Waals surface area contributed by atoms with Gasteiger partial charge in [-0.3, -0.25) is 0 Å². The summed E-state index contributed by atoms with van der Waals surface area (Å²) in [6.45, 7) is 16.4. The van der Waals surface area contributed by atoms with Crippen molar-refractivity contribution in [2.24, 2.45) is 0 Å². The molecule has 296 valence electrons. The Hall–Kier alpha value is -4.06. The van der Waals surface area contributed by atoms with Crippen LogP contribution in [0, 0.1) is 6.92 Å². The maximum Gasteiger partial charge on any atom is 0.307 e. The molecule has 0 radical (unpaired) electrons. The van der Waals surface area contributed by atoms with Crippen LogP contribution in [0.15, 0.2) is 98.4 Å². The Kier molecular flexibility index (Phi) is 16.7. The zero-order chi connectivity index (χ0) is 39.0. The predicted octanol–water partition coefficient (Wildman–Crippen LogP) is 11.3. The van der Waals surface area contributed by atoms with Crippen LogP contribution in [0.1, 0.15) is 85.6 Å². The van der Waals surface area contributed by atoms with Crippen molar-refractivity contribution in [2.75, 3.05) is 39.6 Å². The van der Waals surface area contributed by atoms with Crippen LogP contribution in [0.4, 0.5) is 0 Å². The van der Waals surface area contributed by atoms with Gasteiger partial charge in [-0.2, -0.15) is 8.42 Å². The monoisotopic (exact) mass is 782 g/mol. The Balaban J connectivity index is 2.32. The first-order valence-corrected chi connectivity index (χ1v) is 22.2. The molecule has 0 saturated heterocycles. The first-order chi connectivity index (χ1) is 26.2. The van der Waals surface area contributed by atoms with Crippen molar-refractivity contribution in [1.82, 2.24) is 0 Å². The van der Waals surface area contributed by atoms with Gasteiger partial charge in [0.15, 0.2) is 0 Å². The summed E-state index contributed by atoms with van der Waals surface area (Å²) >= 11 is 0. The van der Waals surface area contributed by atoms with E-state index < -0.39 is 20.4 Å². The fourth-order valence-corrected chi connectivity index (χ4v) is 11.0. The molecule has 0 aliphatic heterocycles. The lowest BCUT2D eigenvalue weighted by atomic mass is 10.2. The van der Waals surface area contributed by atoms with Gasteiger partial charge in [0.25, 0.3) is 0 Å². The third-order valence-corrected chi connectivity index (χ3v) is 13.2. The van der Waals surface area contributed by atoms with E-state index in [1.807, 2.05) is 103 Å². The molecule has 0 atom stereocenters. The summed E-state index contributed by atoms with van der Waals surface area (Å²) in [6.07, 6.45) is 4.36. The third-order valence-electron chi connectivity index (χ3n) is 7.93. The first-order valence-electron chi connectivity index (χ1n) is 19.2. The summed E-state index contributed by atoms with van der Waals surface area (Å²) in [5.41, 5.74) is 0.914. The molecule has 0 aromatic heterocycles. The molecule has 0 aliphatic carbocycles. The van der Waals surface area contributed by atoms with Crippen LogP contribution in [0.25, 0.3) is 0 Å². The lowest BCUT2D eigenvalue weighted by molar-refractivity contribution is 0.271. The van der Waals surface area contributed by atoms with Crippen LogP contribution in [0.3, 0.4) is 0 Å². The van der Waals surface area contributed by atoms with Gasteiger partial charge < -0.3 is 28.4 Å². The Labute approximate surface area is 324 Å². The Morgan fingerprint density at radius 3 is 1.15 bits per heavy atom. The van der Waals surface area contributed by atoms with E-state index >= 15 is 0 Å². The highest BCUT2D eigenvalue weighted by Gasteiger charge is 2.47. The average Bonchev–Trinajstić information content (AvgIpc) is 3.18. The van der Waals surface area contributed by atoms with Crippen LogP contribution in [-0.4, -0.2) is 48.1 Å². The molecule has 0 spiro atoms.